The molecule has 4 nitrogen and oxygen atoms in total. The molecule has 0 radical (unpaired) electrons. The van der Waals surface area contributed by atoms with Crippen LogP contribution in [0.5, 0.6) is 5.75 Å². The van der Waals surface area contributed by atoms with Crippen molar-refractivity contribution >= 4 is 11.4 Å². The van der Waals surface area contributed by atoms with Gasteiger partial charge in [-0.1, -0.05) is 6.92 Å². The van der Waals surface area contributed by atoms with Crippen LogP contribution < -0.4 is 15.4 Å². The lowest BCUT2D eigenvalue weighted by Crippen LogP contribution is -2.23. The summed E-state index contributed by atoms with van der Waals surface area (Å²) in [4.78, 5) is 2.11. The number of methoxy groups -OCH3 is 1. The SMILES string of the molecule is CCCOc1cc(N2CCC(OC)C2)c(N)cc1F. The molecule has 1 aromatic carbocycles. The number of nitrogens with zero attached hydrogens (tertiary/aromatic N) is 1. The highest BCUT2D eigenvalue weighted by molar-refractivity contribution is 5.70. The fourth-order valence-electron chi connectivity index (χ4n) is 2.29. The summed E-state index contributed by atoms with van der Waals surface area (Å²) >= 11 is 0. The monoisotopic (exact) mass is 268 g/mol. The van der Waals surface area contributed by atoms with Crippen LogP contribution >= 0.6 is 0 Å². The molecule has 0 aliphatic carbocycles. The third-order valence-electron chi connectivity index (χ3n) is 3.36. The van der Waals surface area contributed by atoms with Gasteiger partial charge in [-0.05, 0) is 12.8 Å². The predicted octanol–water partition coefficient (Wildman–Crippen LogP) is 2.42. The number of hydrogen-bond acceptors (Lipinski definition) is 4. The normalized spacial score (nSPS) is 18.9. The summed E-state index contributed by atoms with van der Waals surface area (Å²) in [5, 5.41) is 0. The largest absolute Gasteiger partial charge is 0.490 e. The van der Waals surface area contributed by atoms with Crippen molar-refractivity contribution in [2.24, 2.45) is 0 Å². The van der Waals surface area contributed by atoms with Crippen molar-refractivity contribution in [3.05, 3.63) is 17.9 Å². The maximum atomic E-state index is 13.7. The van der Waals surface area contributed by atoms with Crippen LogP contribution in [0.25, 0.3) is 0 Å². The molecule has 1 aliphatic rings. The van der Waals surface area contributed by atoms with Gasteiger partial charge in [0.15, 0.2) is 11.6 Å². The Bertz CT molecular complexity index is 440. The molecule has 1 unspecified atom stereocenters. The fourth-order valence-corrected chi connectivity index (χ4v) is 2.29. The zero-order valence-corrected chi connectivity index (χ0v) is 11.5. The predicted molar refractivity (Wildman–Crippen MR) is 74.2 cm³/mol. The van der Waals surface area contributed by atoms with Crippen LogP contribution in [-0.2, 0) is 4.74 Å². The van der Waals surface area contributed by atoms with Gasteiger partial charge in [0.05, 0.1) is 24.1 Å². The van der Waals surface area contributed by atoms with Crippen LogP contribution in [0.3, 0.4) is 0 Å². The molecule has 19 heavy (non-hydrogen) atoms. The number of ether oxygens (including phenoxy) is 2. The van der Waals surface area contributed by atoms with Crippen molar-refractivity contribution in [2.75, 3.05) is 37.4 Å². The smallest absolute Gasteiger partial charge is 0.167 e. The van der Waals surface area contributed by atoms with Crippen molar-refractivity contribution in [3.8, 4) is 5.75 Å². The highest BCUT2D eigenvalue weighted by atomic mass is 19.1. The molecular formula is C14H21FN2O2. The zero-order chi connectivity index (χ0) is 13.8. The Morgan fingerprint density at radius 3 is 2.89 bits per heavy atom. The second kappa shape index (κ2) is 6.10. The van der Waals surface area contributed by atoms with E-state index < -0.39 is 5.82 Å². The molecule has 2 N–H and O–H groups in total. The van der Waals surface area contributed by atoms with Crippen molar-refractivity contribution < 1.29 is 13.9 Å². The Morgan fingerprint density at radius 2 is 2.26 bits per heavy atom. The first-order chi connectivity index (χ1) is 9.15. The van der Waals surface area contributed by atoms with E-state index in [1.165, 1.54) is 6.07 Å². The van der Waals surface area contributed by atoms with Gasteiger partial charge in [0.1, 0.15) is 0 Å². The summed E-state index contributed by atoms with van der Waals surface area (Å²) in [6, 6.07) is 3.03. The van der Waals surface area contributed by atoms with E-state index >= 15 is 0 Å². The minimum Gasteiger partial charge on any atom is -0.490 e. The van der Waals surface area contributed by atoms with Gasteiger partial charge < -0.3 is 20.1 Å². The number of anilines is 2. The lowest BCUT2D eigenvalue weighted by atomic mass is 10.2. The van der Waals surface area contributed by atoms with E-state index in [2.05, 4.69) is 4.90 Å². The van der Waals surface area contributed by atoms with E-state index in [-0.39, 0.29) is 11.9 Å². The number of nitrogen functional groups attached to an aromatic ring is 1. The molecule has 0 saturated carbocycles. The summed E-state index contributed by atoms with van der Waals surface area (Å²) in [5.41, 5.74) is 7.18. The molecule has 106 valence electrons. The zero-order valence-electron chi connectivity index (χ0n) is 11.5. The first kappa shape index (κ1) is 13.9. The summed E-state index contributed by atoms with van der Waals surface area (Å²) in [6.07, 6.45) is 2.01. The molecule has 2 rings (SSSR count). The highest BCUT2D eigenvalue weighted by Gasteiger charge is 2.24. The van der Waals surface area contributed by atoms with Crippen molar-refractivity contribution in [1.29, 1.82) is 0 Å². The van der Waals surface area contributed by atoms with Crippen molar-refractivity contribution in [1.82, 2.24) is 0 Å². The van der Waals surface area contributed by atoms with Gasteiger partial charge >= 0.3 is 0 Å². The Labute approximate surface area is 113 Å². The van der Waals surface area contributed by atoms with Gasteiger partial charge in [0, 0.05) is 32.3 Å². The molecule has 0 aromatic heterocycles. The summed E-state index contributed by atoms with van der Waals surface area (Å²) < 4.78 is 24.5. The topological polar surface area (TPSA) is 47.7 Å². The molecule has 5 heteroatoms. The van der Waals surface area contributed by atoms with E-state index in [1.807, 2.05) is 6.92 Å². The standard InChI is InChI=1S/C14H21FN2O2/c1-3-6-19-14-8-13(12(16)7-11(14)15)17-5-4-10(9-17)18-2/h7-8,10H,3-6,9,16H2,1-2H3. The minimum absolute atomic E-state index is 0.212. The van der Waals surface area contributed by atoms with E-state index in [1.54, 1.807) is 13.2 Å². The van der Waals surface area contributed by atoms with Crippen LogP contribution in [0, 0.1) is 5.82 Å². The van der Waals surface area contributed by atoms with E-state index in [4.69, 9.17) is 15.2 Å². The number of rotatable bonds is 5. The number of nitrogens with two attached hydrogens (primary N) is 1. The molecule has 1 heterocycles. The summed E-state index contributed by atoms with van der Waals surface area (Å²) in [5.74, 6) is -0.135. The first-order valence-electron chi connectivity index (χ1n) is 6.65. The van der Waals surface area contributed by atoms with Gasteiger partial charge in [0.2, 0.25) is 0 Å². The van der Waals surface area contributed by atoms with Gasteiger partial charge in [0.25, 0.3) is 0 Å². The Balaban J connectivity index is 2.20. The summed E-state index contributed by atoms with van der Waals surface area (Å²) in [6.45, 7) is 4.13. The van der Waals surface area contributed by atoms with E-state index in [0.717, 1.165) is 31.6 Å². The number of benzene rings is 1. The second-order valence-corrected chi connectivity index (χ2v) is 4.78. The minimum atomic E-state index is -0.405. The molecule has 1 aromatic rings. The van der Waals surface area contributed by atoms with E-state index in [9.17, 15) is 4.39 Å². The Hall–Kier alpha value is -1.49. The molecule has 1 aliphatic heterocycles. The van der Waals surface area contributed by atoms with Crippen LogP contribution in [-0.4, -0.2) is 32.9 Å². The summed E-state index contributed by atoms with van der Waals surface area (Å²) in [7, 11) is 1.71. The Kier molecular flexibility index (Phi) is 4.47. The third kappa shape index (κ3) is 3.10. The lowest BCUT2D eigenvalue weighted by molar-refractivity contribution is 0.121. The quantitative estimate of drug-likeness (QED) is 0.833. The van der Waals surface area contributed by atoms with Gasteiger partial charge in [-0.15, -0.1) is 0 Å². The third-order valence-corrected chi connectivity index (χ3v) is 3.36. The fraction of sp³-hybridized carbons (Fsp3) is 0.571. The molecule has 0 amide bonds. The van der Waals surface area contributed by atoms with Crippen LogP contribution in [0.15, 0.2) is 12.1 Å². The number of halogens is 1. The number of hydrogen-bond donors (Lipinski definition) is 1. The van der Waals surface area contributed by atoms with E-state index in [0.29, 0.717) is 12.3 Å². The van der Waals surface area contributed by atoms with Crippen LogP contribution in [0.1, 0.15) is 19.8 Å². The maximum Gasteiger partial charge on any atom is 0.167 e. The van der Waals surface area contributed by atoms with Crippen molar-refractivity contribution in [2.45, 2.75) is 25.9 Å². The highest BCUT2D eigenvalue weighted by Crippen LogP contribution is 2.33. The maximum absolute atomic E-state index is 13.7. The molecule has 1 fully saturated rings. The lowest BCUT2D eigenvalue weighted by Gasteiger charge is -2.21. The molecule has 1 atom stereocenters. The van der Waals surface area contributed by atoms with Gasteiger partial charge in [-0.25, -0.2) is 4.39 Å². The van der Waals surface area contributed by atoms with Crippen LogP contribution in [0.2, 0.25) is 0 Å². The molecule has 0 bridgehead atoms. The molecule has 0 spiro atoms. The Morgan fingerprint density at radius 1 is 1.47 bits per heavy atom. The van der Waals surface area contributed by atoms with Gasteiger partial charge in [-0.3, -0.25) is 0 Å². The van der Waals surface area contributed by atoms with Crippen molar-refractivity contribution in [3.63, 3.8) is 0 Å². The molecular weight excluding hydrogens is 247 g/mol. The van der Waals surface area contributed by atoms with Crippen LogP contribution in [0.4, 0.5) is 15.8 Å². The molecule has 1 saturated heterocycles. The average molecular weight is 268 g/mol. The van der Waals surface area contributed by atoms with Gasteiger partial charge in [-0.2, -0.15) is 0 Å². The average Bonchev–Trinajstić information content (AvgIpc) is 2.86. The first-order valence-corrected chi connectivity index (χ1v) is 6.65. The second-order valence-electron chi connectivity index (χ2n) is 4.78.